The van der Waals surface area contributed by atoms with Gasteiger partial charge in [0.05, 0.1) is 21.9 Å². The second-order valence-corrected chi connectivity index (χ2v) is 6.92. The van der Waals surface area contributed by atoms with Crippen molar-refractivity contribution in [1.82, 2.24) is 4.90 Å². The third-order valence-electron chi connectivity index (χ3n) is 4.54. The Morgan fingerprint density at radius 3 is 2.80 bits per heavy atom. The summed E-state index contributed by atoms with van der Waals surface area (Å²) in [6.45, 7) is 3.42. The summed E-state index contributed by atoms with van der Waals surface area (Å²) < 4.78 is 5.80. The molecule has 1 fully saturated rings. The summed E-state index contributed by atoms with van der Waals surface area (Å²) in [5, 5.41) is 20.3. The molecule has 1 aromatic carbocycles. The van der Waals surface area contributed by atoms with Crippen LogP contribution in [0, 0.1) is 15.5 Å². The number of carboxylic acids is 1. The lowest BCUT2D eigenvalue weighted by molar-refractivity contribution is -0.384. The fourth-order valence-electron chi connectivity index (χ4n) is 3.01. The number of carboxylic acid groups (broad SMARTS) is 1. The molecule has 1 N–H and O–H groups in total. The topological polar surface area (TPSA) is 96.8 Å². The second-order valence-electron chi connectivity index (χ2n) is 6.51. The smallest absolute Gasteiger partial charge is 0.310 e. The van der Waals surface area contributed by atoms with Crippen molar-refractivity contribution in [3.05, 3.63) is 51.2 Å². The molecule has 7 nitrogen and oxygen atoms in total. The third-order valence-corrected chi connectivity index (χ3v) is 4.85. The second kappa shape index (κ2) is 6.50. The molecule has 1 atom stereocenters. The van der Waals surface area contributed by atoms with Crippen molar-refractivity contribution < 1.29 is 19.2 Å². The van der Waals surface area contributed by atoms with Gasteiger partial charge in [-0.3, -0.25) is 19.8 Å². The summed E-state index contributed by atoms with van der Waals surface area (Å²) in [6.07, 6.45) is 0.601. The minimum Gasteiger partial charge on any atom is -0.481 e. The summed E-state index contributed by atoms with van der Waals surface area (Å²) in [5.41, 5.74) is -0.224. The SMILES string of the molecule is CC1(C(=O)O)CCN(Cc2ccc(-c3ccc([N+](=O)[O-])cc3Cl)o2)C1. The Balaban J connectivity index is 1.73. The van der Waals surface area contributed by atoms with E-state index in [1.807, 2.05) is 11.0 Å². The number of non-ortho nitro benzene ring substituents is 1. The van der Waals surface area contributed by atoms with Gasteiger partial charge in [0.2, 0.25) is 0 Å². The van der Waals surface area contributed by atoms with Crippen molar-refractivity contribution in [2.24, 2.45) is 5.41 Å². The molecule has 0 spiro atoms. The molecule has 2 aromatic rings. The fraction of sp³-hybridized carbons (Fsp3) is 0.353. The van der Waals surface area contributed by atoms with Crippen LogP contribution in [0.4, 0.5) is 5.69 Å². The lowest BCUT2D eigenvalue weighted by atomic mass is 9.90. The van der Waals surface area contributed by atoms with Gasteiger partial charge < -0.3 is 9.52 Å². The predicted molar refractivity (Wildman–Crippen MR) is 91.4 cm³/mol. The van der Waals surface area contributed by atoms with Crippen molar-refractivity contribution in [3.8, 4) is 11.3 Å². The molecule has 0 bridgehead atoms. The molecular formula is C17H17ClN2O5. The lowest BCUT2D eigenvalue weighted by Gasteiger charge is -2.19. The van der Waals surface area contributed by atoms with Crippen LogP contribution in [0.1, 0.15) is 19.1 Å². The van der Waals surface area contributed by atoms with Crippen LogP contribution in [0.15, 0.2) is 34.7 Å². The van der Waals surface area contributed by atoms with Gasteiger partial charge in [-0.25, -0.2) is 0 Å². The standard InChI is InChI=1S/C17H17ClN2O5/c1-17(16(21)22)6-7-19(10-17)9-12-3-5-15(25-12)13-4-2-11(20(23)24)8-14(13)18/h2-5,8H,6-7,9-10H2,1H3,(H,21,22). The maximum Gasteiger partial charge on any atom is 0.310 e. The van der Waals surface area contributed by atoms with E-state index in [1.54, 1.807) is 19.1 Å². The van der Waals surface area contributed by atoms with Gasteiger partial charge in [0.15, 0.2) is 0 Å². The molecule has 25 heavy (non-hydrogen) atoms. The Kier molecular flexibility index (Phi) is 4.53. The van der Waals surface area contributed by atoms with Gasteiger partial charge >= 0.3 is 5.97 Å². The number of carbonyl (C=O) groups is 1. The number of nitrogens with zero attached hydrogens (tertiary/aromatic N) is 2. The first kappa shape index (κ1) is 17.4. The normalized spacial score (nSPS) is 20.7. The molecule has 132 valence electrons. The van der Waals surface area contributed by atoms with Crippen LogP contribution in [-0.4, -0.2) is 34.0 Å². The number of aliphatic carboxylic acids is 1. The first-order chi connectivity index (χ1) is 11.8. The van der Waals surface area contributed by atoms with Crippen LogP contribution >= 0.6 is 11.6 Å². The Labute approximate surface area is 149 Å². The molecule has 1 unspecified atom stereocenters. The largest absolute Gasteiger partial charge is 0.481 e. The molecule has 0 aliphatic carbocycles. The maximum absolute atomic E-state index is 11.3. The highest BCUT2D eigenvalue weighted by atomic mass is 35.5. The van der Waals surface area contributed by atoms with E-state index in [2.05, 4.69) is 0 Å². The van der Waals surface area contributed by atoms with Crippen molar-refractivity contribution in [1.29, 1.82) is 0 Å². The van der Waals surface area contributed by atoms with E-state index >= 15 is 0 Å². The monoisotopic (exact) mass is 364 g/mol. The zero-order valence-corrected chi connectivity index (χ0v) is 14.3. The number of hydrogen-bond acceptors (Lipinski definition) is 5. The van der Waals surface area contributed by atoms with E-state index in [9.17, 15) is 20.0 Å². The molecule has 0 amide bonds. The molecular weight excluding hydrogens is 348 g/mol. The number of rotatable bonds is 5. The van der Waals surface area contributed by atoms with E-state index < -0.39 is 16.3 Å². The zero-order valence-electron chi connectivity index (χ0n) is 13.6. The van der Waals surface area contributed by atoms with Crippen molar-refractivity contribution >= 4 is 23.3 Å². The lowest BCUT2D eigenvalue weighted by Crippen LogP contribution is -2.31. The molecule has 8 heteroatoms. The number of nitro benzene ring substituents is 1. The van der Waals surface area contributed by atoms with Crippen molar-refractivity contribution in [2.75, 3.05) is 13.1 Å². The first-order valence-electron chi connectivity index (χ1n) is 7.77. The van der Waals surface area contributed by atoms with Crippen molar-refractivity contribution in [2.45, 2.75) is 19.9 Å². The van der Waals surface area contributed by atoms with E-state index in [1.165, 1.54) is 12.1 Å². The van der Waals surface area contributed by atoms with Gasteiger partial charge in [0.1, 0.15) is 11.5 Å². The van der Waals surface area contributed by atoms with Gasteiger partial charge in [-0.2, -0.15) is 0 Å². The van der Waals surface area contributed by atoms with Crippen LogP contribution in [-0.2, 0) is 11.3 Å². The van der Waals surface area contributed by atoms with Crippen LogP contribution in [0.5, 0.6) is 0 Å². The average molecular weight is 365 g/mol. The van der Waals surface area contributed by atoms with Gasteiger partial charge in [-0.05, 0) is 38.1 Å². The number of hydrogen-bond donors (Lipinski definition) is 1. The molecule has 1 saturated heterocycles. The third kappa shape index (κ3) is 3.52. The van der Waals surface area contributed by atoms with Gasteiger partial charge in [0, 0.05) is 24.2 Å². The first-order valence-corrected chi connectivity index (χ1v) is 8.15. The van der Waals surface area contributed by atoms with Crippen molar-refractivity contribution in [3.63, 3.8) is 0 Å². The van der Waals surface area contributed by atoms with Crippen LogP contribution in [0.25, 0.3) is 11.3 Å². The summed E-state index contributed by atoms with van der Waals surface area (Å²) >= 11 is 6.12. The fourth-order valence-corrected chi connectivity index (χ4v) is 3.28. The summed E-state index contributed by atoms with van der Waals surface area (Å²) in [6, 6.07) is 7.79. The maximum atomic E-state index is 11.3. The number of furan rings is 1. The number of nitro groups is 1. The quantitative estimate of drug-likeness (QED) is 0.640. The van der Waals surface area contributed by atoms with E-state index in [0.717, 1.165) is 0 Å². The highest BCUT2D eigenvalue weighted by molar-refractivity contribution is 6.33. The summed E-state index contributed by atoms with van der Waals surface area (Å²) in [4.78, 5) is 23.6. The molecule has 1 aliphatic rings. The molecule has 3 rings (SSSR count). The minimum absolute atomic E-state index is 0.0782. The highest BCUT2D eigenvalue weighted by Gasteiger charge is 2.40. The minimum atomic E-state index is -0.784. The molecule has 1 aromatic heterocycles. The van der Waals surface area contributed by atoms with Gasteiger partial charge in [-0.1, -0.05) is 11.6 Å². The average Bonchev–Trinajstić information content (AvgIpc) is 3.15. The summed E-state index contributed by atoms with van der Waals surface area (Å²) in [7, 11) is 0. The van der Waals surface area contributed by atoms with E-state index in [0.29, 0.717) is 43.1 Å². The number of likely N-dealkylation sites (tertiary alicyclic amines) is 1. The molecule has 2 heterocycles. The molecule has 0 saturated carbocycles. The predicted octanol–water partition coefficient (Wildman–Crippen LogP) is 3.80. The Hall–Kier alpha value is -2.38. The van der Waals surface area contributed by atoms with Crippen LogP contribution in [0.2, 0.25) is 5.02 Å². The Morgan fingerprint density at radius 2 is 2.20 bits per heavy atom. The number of halogens is 1. The Bertz CT molecular complexity index is 834. The zero-order chi connectivity index (χ0) is 18.2. The van der Waals surface area contributed by atoms with Crippen LogP contribution in [0.3, 0.4) is 0 Å². The van der Waals surface area contributed by atoms with E-state index in [4.69, 9.17) is 16.0 Å². The Morgan fingerprint density at radius 1 is 1.44 bits per heavy atom. The van der Waals surface area contributed by atoms with E-state index in [-0.39, 0.29) is 10.7 Å². The molecule has 0 radical (unpaired) electrons. The number of benzene rings is 1. The van der Waals surface area contributed by atoms with Gasteiger partial charge in [0.25, 0.3) is 5.69 Å². The van der Waals surface area contributed by atoms with Gasteiger partial charge in [-0.15, -0.1) is 0 Å². The highest BCUT2D eigenvalue weighted by Crippen LogP contribution is 2.34. The molecule has 1 aliphatic heterocycles. The van der Waals surface area contributed by atoms with Crippen LogP contribution < -0.4 is 0 Å². The summed E-state index contributed by atoms with van der Waals surface area (Å²) in [5.74, 6) is 0.432.